The van der Waals surface area contributed by atoms with Crippen molar-refractivity contribution in [1.29, 1.82) is 0 Å². The standard InChI is InChI=1S/C35H29N3O4S/c1-22-5-7-24(8-6-22)31-21-30(23-9-15-27(40-2)16-10-23)32-33(36-31)37(25-11-17-28(41-3)18-12-25)35(43)38(34(32)39)26-13-19-29(42-4)20-14-26/h5-21H,1-4H3. The van der Waals surface area contributed by atoms with Crippen molar-refractivity contribution < 1.29 is 14.2 Å². The molecule has 2 aromatic heterocycles. The van der Waals surface area contributed by atoms with E-state index in [-0.39, 0.29) is 10.3 Å². The zero-order chi connectivity index (χ0) is 30.1. The van der Waals surface area contributed by atoms with Gasteiger partial charge in [-0.1, -0.05) is 42.0 Å². The smallest absolute Gasteiger partial charge is 0.269 e. The fourth-order valence-corrected chi connectivity index (χ4v) is 5.47. The number of nitrogens with zero attached hydrogens (tertiary/aromatic N) is 3. The van der Waals surface area contributed by atoms with Crippen LogP contribution in [0.2, 0.25) is 0 Å². The van der Waals surface area contributed by atoms with Crippen LogP contribution in [0.25, 0.3) is 44.8 Å². The topological polar surface area (TPSA) is 67.5 Å². The second-order valence-electron chi connectivity index (χ2n) is 10.0. The number of aryl methyl sites for hydroxylation is 1. The van der Waals surface area contributed by atoms with Crippen LogP contribution in [0.5, 0.6) is 17.2 Å². The van der Waals surface area contributed by atoms with E-state index in [1.807, 2.05) is 115 Å². The fourth-order valence-electron chi connectivity index (χ4n) is 5.09. The highest BCUT2D eigenvalue weighted by Crippen LogP contribution is 2.33. The summed E-state index contributed by atoms with van der Waals surface area (Å²) in [4.78, 5) is 19.7. The molecule has 0 aliphatic rings. The summed E-state index contributed by atoms with van der Waals surface area (Å²) in [5.41, 5.74) is 5.90. The monoisotopic (exact) mass is 587 g/mol. The summed E-state index contributed by atoms with van der Waals surface area (Å²) in [6, 6.07) is 32.6. The van der Waals surface area contributed by atoms with Crippen molar-refractivity contribution in [2.45, 2.75) is 6.92 Å². The Balaban J connectivity index is 1.77. The van der Waals surface area contributed by atoms with Crippen molar-refractivity contribution in [3.05, 3.63) is 124 Å². The van der Waals surface area contributed by atoms with Crippen LogP contribution in [0, 0.1) is 11.7 Å². The Kier molecular flexibility index (Phi) is 7.52. The largest absolute Gasteiger partial charge is 0.497 e. The van der Waals surface area contributed by atoms with Crippen molar-refractivity contribution in [2.75, 3.05) is 21.3 Å². The molecule has 0 bridgehead atoms. The van der Waals surface area contributed by atoms with E-state index in [0.717, 1.165) is 39.4 Å². The third-order valence-electron chi connectivity index (χ3n) is 7.42. The van der Waals surface area contributed by atoms with Gasteiger partial charge in [0.15, 0.2) is 10.4 Å². The number of pyridine rings is 1. The van der Waals surface area contributed by atoms with Crippen LogP contribution >= 0.6 is 12.2 Å². The molecule has 8 heteroatoms. The maximum Gasteiger partial charge on any atom is 0.269 e. The molecule has 214 valence electrons. The zero-order valence-electron chi connectivity index (χ0n) is 24.2. The minimum Gasteiger partial charge on any atom is -0.497 e. The van der Waals surface area contributed by atoms with Gasteiger partial charge in [-0.3, -0.25) is 13.9 Å². The first-order valence-corrected chi connectivity index (χ1v) is 14.1. The molecule has 4 aromatic carbocycles. The molecule has 0 radical (unpaired) electrons. The van der Waals surface area contributed by atoms with Crippen LogP contribution in [0.1, 0.15) is 5.56 Å². The van der Waals surface area contributed by atoms with Gasteiger partial charge in [-0.2, -0.15) is 0 Å². The molecule has 0 saturated carbocycles. The minimum atomic E-state index is -0.274. The quantitative estimate of drug-likeness (QED) is 0.180. The normalized spacial score (nSPS) is 11.0. The molecule has 2 heterocycles. The van der Waals surface area contributed by atoms with E-state index in [9.17, 15) is 4.79 Å². The third-order valence-corrected chi connectivity index (χ3v) is 7.79. The molecule has 0 aliphatic heterocycles. The van der Waals surface area contributed by atoms with Crippen LogP contribution in [0.15, 0.2) is 108 Å². The second kappa shape index (κ2) is 11.6. The molecule has 7 nitrogen and oxygen atoms in total. The van der Waals surface area contributed by atoms with Crippen molar-refractivity contribution in [3.63, 3.8) is 0 Å². The minimum absolute atomic E-state index is 0.274. The number of hydrogen-bond acceptors (Lipinski definition) is 6. The zero-order valence-corrected chi connectivity index (χ0v) is 25.0. The summed E-state index contributed by atoms with van der Waals surface area (Å²) >= 11 is 6.07. The first kappa shape index (κ1) is 27.9. The Hall–Kier alpha value is -5.21. The molecule has 6 rings (SSSR count). The average molecular weight is 588 g/mol. The van der Waals surface area contributed by atoms with E-state index in [4.69, 9.17) is 31.4 Å². The van der Waals surface area contributed by atoms with Gasteiger partial charge in [-0.05, 0) is 91.4 Å². The molecule has 0 N–H and O–H groups in total. The molecule has 0 aliphatic carbocycles. The molecule has 6 aromatic rings. The number of ether oxygens (including phenoxy) is 3. The van der Waals surface area contributed by atoms with Crippen molar-refractivity contribution in [3.8, 4) is 51.0 Å². The number of rotatable bonds is 7. The van der Waals surface area contributed by atoms with Crippen molar-refractivity contribution >= 4 is 23.3 Å². The highest BCUT2D eigenvalue weighted by molar-refractivity contribution is 7.71. The second-order valence-corrected chi connectivity index (χ2v) is 10.4. The SMILES string of the molecule is COc1ccc(-c2cc(-c3ccc(C)cc3)nc3c2c(=O)n(-c2ccc(OC)cc2)c(=S)n3-c2ccc(OC)cc2)cc1. The maximum absolute atomic E-state index is 14.6. The summed E-state index contributed by atoms with van der Waals surface area (Å²) in [6.07, 6.45) is 0. The maximum atomic E-state index is 14.6. The summed E-state index contributed by atoms with van der Waals surface area (Å²) in [6.45, 7) is 2.04. The van der Waals surface area contributed by atoms with Crippen LogP contribution in [0.3, 0.4) is 0 Å². The Morgan fingerprint density at radius 1 is 0.628 bits per heavy atom. The average Bonchev–Trinajstić information content (AvgIpc) is 3.05. The third kappa shape index (κ3) is 5.17. The predicted molar refractivity (Wildman–Crippen MR) is 173 cm³/mol. The lowest BCUT2D eigenvalue weighted by molar-refractivity contribution is 0.414. The van der Waals surface area contributed by atoms with Gasteiger partial charge in [0.05, 0.1) is 43.8 Å². The molecular weight excluding hydrogens is 558 g/mol. The Morgan fingerprint density at radius 3 is 1.60 bits per heavy atom. The molecule has 0 fully saturated rings. The molecule has 43 heavy (non-hydrogen) atoms. The fraction of sp³-hybridized carbons (Fsp3) is 0.114. The van der Waals surface area contributed by atoms with Crippen LogP contribution in [-0.2, 0) is 0 Å². The van der Waals surface area contributed by atoms with Crippen LogP contribution < -0.4 is 19.8 Å². The summed E-state index contributed by atoms with van der Waals surface area (Å²) < 4.78 is 19.9. The van der Waals surface area contributed by atoms with Gasteiger partial charge in [0.25, 0.3) is 5.56 Å². The van der Waals surface area contributed by atoms with Crippen molar-refractivity contribution in [1.82, 2.24) is 14.1 Å². The van der Waals surface area contributed by atoms with Gasteiger partial charge >= 0.3 is 0 Å². The summed E-state index contributed by atoms with van der Waals surface area (Å²) in [5.74, 6) is 2.10. The molecule has 0 spiro atoms. The molecular formula is C35H29N3O4S. The van der Waals surface area contributed by atoms with E-state index in [1.165, 1.54) is 0 Å². The molecule has 0 amide bonds. The first-order valence-electron chi connectivity index (χ1n) is 13.6. The lowest BCUT2D eigenvalue weighted by Gasteiger charge is -2.19. The highest BCUT2D eigenvalue weighted by Gasteiger charge is 2.21. The lowest BCUT2D eigenvalue weighted by Crippen LogP contribution is -2.25. The van der Waals surface area contributed by atoms with Gasteiger partial charge in [0.1, 0.15) is 17.2 Å². The van der Waals surface area contributed by atoms with Gasteiger partial charge in [0.2, 0.25) is 0 Å². The lowest BCUT2D eigenvalue weighted by atomic mass is 9.99. The number of benzene rings is 4. The van der Waals surface area contributed by atoms with Gasteiger partial charge in [-0.25, -0.2) is 4.98 Å². The van der Waals surface area contributed by atoms with E-state index < -0.39 is 0 Å². The predicted octanol–water partition coefficient (Wildman–Crippen LogP) is 7.57. The van der Waals surface area contributed by atoms with Crippen LogP contribution in [0.4, 0.5) is 0 Å². The Bertz CT molecular complexity index is 2050. The van der Waals surface area contributed by atoms with E-state index in [0.29, 0.717) is 28.2 Å². The van der Waals surface area contributed by atoms with E-state index in [1.54, 1.807) is 25.9 Å². The highest BCUT2D eigenvalue weighted by atomic mass is 32.1. The first-order chi connectivity index (χ1) is 20.9. The molecule has 0 unspecified atom stereocenters. The Labute approximate surface area is 254 Å². The van der Waals surface area contributed by atoms with Gasteiger partial charge in [-0.15, -0.1) is 0 Å². The number of aromatic nitrogens is 3. The number of fused-ring (bicyclic) bond motifs is 1. The molecule has 0 saturated heterocycles. The van der Waals surface area contributed by atoms with E-state index >= 15 is 0 Å². The Morgan fingerprint density at radius 2 is 1.09 bits per heavy atom. The van der Waals surface area contributed by atoms with Crippen molar-refractivity contribution in [2.24, 2.45) is 0 Å². The van der Waals surface area contributed by atoms with Gasteiger partial charge < -0.3 is 14.2 Å². The molecule has 0 atom stereocenters. The number of hydrogen-bond donors (Lipinski definition) is 0. The summed E-state index contributed by atoms with van der Waals surface area (Å²) in [5, 5.41) is 0.432. The number of methoxy groups -OCH3 is 3. The summed E-state index contributed by atoms with van der Waals surface area (Å²) in [7, 11) is 4.85. The van der Waals surface area contributed by atoms with Crippen LogP contribution in [-0.4, -0.2) is 35.4 Å². The van der Waals surface area contributed by atoms with E-state index in [2.05, 4.69) is 0 Å². The van der Waals surface area contributed by atoms with Gasteiger partial charge in [0, 0.05) is 11.1 Å².